The number of hydrogen-bond acceptors (Lipinski definition) is 2. The van der Waals surface area contributed by atoms with E-state index >= 15 is 0 Å². The van der Waals surface area contributed by atoms with Gasteiger partial charge in [-0.2, -0.15) is 0 Å². The maximum atomic E-state index is 13.2. The number of fused-ring (bicyclic) bond motifs is 1. The van der Waals surface area contributed by atoms with Crippen molar-refractivity contribution in [2.75, 3.05) is 4.90 Å². The Balaban J connectivity index is 0.000000282. The van der Waals surface area contributed by atoms with Crippen LogP contribution in [0.15, 0.2) is 119 Å². The van der Waals surface area contributed by atoms with E-state index in [1.807, 2.05) is 89.8 Å². The highest BCUT2D eigenvalue weighted by molar-refractivity contribution is 9.10. The predicted molar refractivity (Wildman–Crippen MR) is 134 cm³/mol. The number of halogens is 1. The van der Waals surface area contributed by atoms with Crippen molar-refractivity contribution in [2.24, 2.45) is 0 Å². The van der Waals surface area contributed by atoms with Gasteiger partial charge in [0.15, 0.2) is 0 Å². The first-order valence-electron chi connectivity index (χ1n) is 10.0. The molecule has 4 heteroatoms. The van der Waals surface area contributed by atoms with Crippen LogP contribution in [0.25, 0.3) is 0 Å². The second kappa shape index (κ2) is 9.99. The van der Waals surface area contributed by atoms with Crippen LogP contribution < -0.4 is 4.90 Å². The standard InChI is InChI=1S/C20H14BrNOS.C7H8/c21-15-9-6-10-16(13-15)22-19(23)17-11-4-5-12-18(17)24-20(22)14-7-2-1-3-8-14;1-7-5-3-2-4-6-7/h1-13,20H;2-6H,1H3/t20-;/m1./s1. The average molecular weight is 488 g/mol. The van der Waals surface area contributed by atoms with Crippen molar-refractivity contribution >= 4 is 39.3 Å². The first-order chi connectivity index (χ1) is 15.1. The number of carbonyl (C=O) groups excluding carboxylic acids is 1. The number of aryl methyl sites for hydroxylation is 1. The summed E-state index contributed by atoms with van der Waals surface area (Å²) in [6.07, 6.45) is 0. The molecule has 0 aliphatic carbocycles. The molecular weight excluding hydrogens is 466 g/mol. The second-order valence-corrected chi connectivity index (χ2v) is 9.22. The fraction of sp³-hybridized carbons (Fsp3) is 0.0741. The SMILES string of the molecule is Cc1ccccc1.O=C1c2ccccc2S[C@H](c2ccccc2)N1c1cccc(Br)c1. The Morgan fingerprint density at radius 2 is 1.42 bits per heavy atom. The van der Waals surface area contributed by atoms with E-state index in [2.05, 4.69) is 47.1 Å². The minimum atomic E-state index is -0.0806. The smallest absolute Gasteiger partial charge is 0.260 e. The van der Waals surface area contributed by atoms with Crippen LogP contribution in [0.4, 0.5) is 5.69 Å². The lowest BCUT2D eigenvalue weighted by Gasteiger charge is -2.36. The molecule has 0 unspecified atom stereocenters. The van der Waals surface area contributed by atoms with E-state index < -0.39 is 0 Å². The molecule has 0 spiro atoms. The van der Waals surface area contributed by atoms with Gasteiger partial charge in [0.2, 0.25) is 0 Å². The molecule has 31 heavy (non-hydrogen) atoms. The van der Waals surface area contributed by atoms with Gasteiger partial charge in [0.1, 0.15) is 5.37 Å². The number of benzene rings is 4. The van der Waals surface area contributed by atoms with Crippen molar-refractivity contribution in [3.05, 3.63) is 130 Å². The Morgan fingerprint density at radius 3 is 2.06 bits per heavy atom. The quantitative estimate of drug-likeness (QED) is 0.286. The Labute approximate surface area is 196 Å². The van der Waals surface area contributed by atoms with Gasteiger partial charge in [-0.1, -0.05) is 112 Å². The first kappa shape index (κ1) is 21.4. The molecule has 4 aromatic carbocycles. The molecule has 5 rings (SSSR count). The van der Waals surface area contributed by atoms with E-state index in [-0.39, 0.29) is 11.3 Å². The molecule has 0 N–H and O–H groups in total. The molecule has 0 bridgehead atoms. The number of amides is 1. The van der Waals surface area contributed by atoms with Gasteiger partial charge in [-0.05, 0) is 42.8 Å². The van der Waals surface area contributed by atoms with Crippen molar-refractivity contribution in [2.45, 2.75) is 17.2 Å². The largest absolute Gasteiger partial charge is 0.291 e. The highest BCUT2D eigenvalue weighted by Crippen LogP contribution is 2.46. The number of thioether (sulfide) groups is 1. The summed E-state index contributed by atoms with van der Waals surface area (Å²) in [6.45, 7) is 2.08. The summed E-state index contributed by atoms with van der Waals surface area (Å²) < 4.78 is 0.962. The van der Waals surface area contributed by atoms with Crippen LogP contribution >= 0.6 is 27.7 Å². The van der Waals surface area contributed by atoms with Crippen LogP contribution in [0.1, 0.15) is 26.9 Å². The lowest BCUT2D eigenvalue weighted by atomic mass is 10.1. The lowest BCUT2D eigenvalue weighted by molar-refractivity contribution is 0.0979. The van der Waals surface area contributed by atoms with E-state index in [0.717, 1.165) is 26.2 Å². The Kier molecular flexibility index (Phi) is 6.90. The van der Waals surface area contributed by atoms with E-state index in [4.69, 9.17) is 0 Å². The van der Waals surface area contributed by atoms with Crippen LogP contribution in [0.2, 0.25) is 0 Å². The number of hydrogen-bond donors (Lipinski definition) is 0. The van der Waals surface area contributed by atoms with E-state index in [0.29, 0.717) is 0 Å². The van der Waals surface area contributed by atoms with Gasteiger partial charge < -0.3 is 0 Å². The zero-order valence-corrected chi connectivity index (χ0v) is 19.5. The van der Waals surface area contributed by atoms with Gasteiger partial charge in [0.25, 0.3) is 5.91 Å². The molecule has 0 saturated heterocycles. The first-order valence-corrected chi connectivity index (χ1v) is 11.7. The van der Waals surface area contributed by atoms with Crippen molar-refractivity contribution in [1.82, 2.24) is 0 Å². The maximum absolute atomic E-state index is 13.2. The van der Waals surface area contributed by atoms with E-state index in [1.165, 1.54) is 5.56 Å². The summed E-state index contributed by atoms with van der Waals surface area (Å²) in [6, 6.07) is 36.1. The highest BCUT2D eigenvalue weighted by atomic mass is 79.9. The Morgan fingerprint density at radius 1 is 0.774 bits per heavy atom. The zero-order valence-electron chi connectivity index (χ0n) is 17.1. The molecule has 0 aromatic heterocycles. The molecule has 0 saturated carbocycles. The Hall–Kier alpha value is -2.82. The minimum Gasteiger partial charge on any atom is -0.291 e. The zero-order chi connectivity index (χ0) is 21.6. The summed E-state index contributed by atoms with van der Waals surface area (Å²) >= 11 is 5.22. The molecule has 1 atom stereocenters. The molecule has 4 aromatic rings. The molecule has 0 fully saturated rings. The van der Waals surface area contributed by atoms with Gasteiger partial charge in [-0.3, -0.25) is 9.69 Å². The van der Waals surface area contributed by atoms with E-state index in [1.54, 1.807) is 11.8 Å². The number of anilines is 1. The van der Waals surface area contributed by atoms with Crippen molar-refractivity contribution in [3.63, 3.8) is 0 Å². The number of nitrogens with zero attached hydrogens (tertiary/aromatic N) is 1. The van der Waals surface area contributed by atoms with Gasteiger partial charge >= 0.3 is 0 Å². The minimum absolute atomic E-state index is 0.0382. The fourth-order valence-electron chi connectivity index (χ4n) is 3.40. The van der Waals surface area contributed by atoms with Crippen LogP contribution in [0.5, 0.6) is 0 Å². The fourth-order valence-corrected chi connectivity index (χ4v) is 5.09. The molecule has 2 nitrogen and oxygen atoms in total. The lowest BCUT2D eigenvalue weighted by Crippen LogP contribution is -2.36. The normalized spacial score (nSPS) is 15.0. The van der Waals surface area contributed by atoms with Crippen molar-refractivity contribution in [1.29, 1.82) is 0 Å². The number of carbonyl (C=O) groups is 1. The molecular formula is C27H22BrNOS. The summed E-state index contributed by atoms with van der Waals surface area (Å²) in [5.74, 6) is 0.0382. The average Bonchev–Trinajstić information content (AvgIpc) is 2.80. The predicted octanol–water partition coefficient (Wildman–Crippen LogP) is 7.90. The molecule has 1 aliphatic heterocycles. The summed E-state index contributed by atoms with van der Waals surface area (Å²) in [5, 5.41) is -0.0806. The highest BCUT2D eigenvalue weighted by Gasteiger charge is 2.34. The van der Waals surface area contributed by atoms with Crippen LogP contribution in [-0.4, -0.2) is 5.91 Å². The van der Waals surface area contributed by atoms with Crippen LogP contribution in [-0.2, 0) is 0 Å². The third kappa shape index (κ3) is 5.09. The summed E-state index contributed by atoms with van der Waals surface area (Å²) in [4.78, 5) is 16.1. The molecule has 1 amide bonds. The van der Waals surface area contributed by atoms with Gasteiger partial charge in [0.05, 0.1) is 5.56 Å². The molecule has 154 valence electrons. The van der Waals surface area contributed by atoms with Crippen molar-refractivity contribution < 1.29 is 4.79 Å². The van der Waals surface area contributed by atoms with Crippen LogP contribution in [0, 0.1) is 6.92 Å². The Bertz CT molecular complexity index is 1160. The summed E-state index contributed by atoms with van der Waals surface area (Å²) in [5.41, 5.74) is 4.09. The number of rotatable bonds is 2. The third-order valence-corrected chi connectivity index (χ3v) is 6.73. The molecule has 1 aliphatic rings. The molecule has 0 radical (unpaired) electrons. The van der Waals surface area contributed by atoms with Crippen molar-refractivity contribution in [3.8, 4) is 0 Å². The third-order valence-electron chi connectivity index (χ3n) is 4.92. The van der Waals surface area contributed by atoms with Gasteiger partial charge in [-0.25, -0.2) is 0 Å². The monoisotopic (exact) mass is 487 g/mol. The van der Waals surface area contributed by atoms with Crippen LogP contribution in [0.3, 0.4) is 0 Å². The topological polar surface area (TPSA) is 20.3 Å². The van der Waals surface area contributed by atoms with E-state index in [9.17, 15) is 4.79 Å². The molecule has 1 heterocycles. The maximum Gasteiger partial charge on any atom is 0.260 e. The second-order valence-electron chi connectivity index (χ2n) is 7.19. The summed E-state index contributed by atoms with van der Waals surface area (Å²) in [7, 11) is 0. The van der Waals surface area contributed by atoms with Gasteiger partial charge in [0, 0.05) is 15.1 Å². The van der Waals surface area contributed by atoms with Gasteiger partial charge in [-0.15, -0.1) is 0 Å².